The average Bonchev–Trinajstić information content (AvgIpc) is 2.99. The molecule has 0 aliphatic rings. The normalized spacial score (nSPS) is 12.0. The van der Waals surface area contributed by atoms with E-state index in [-0.39, 0.29) is 18.0 Å². The molecule has 4 N–H and O–H groups in total. The van der Waals surface area contributed by atoms with E-state index in [0.29, 0.717) is 11.4 Å². The standard InChI is InChI=1S/C12H20N6O2S/c1-4-10-9(7-18(3)17-10)6-14-21(19,20)12-8(2)15-16-11(12)5-13/h7,14H,4-6,13H2,1-3H3,(H,15,16). The number of hydrogen-bond acceptors (Lipinski definition) is 5. The summed E-state index contributed by atoms with van der Waals surface area (Å²) in [5, 5.41) is 10.8. The van der Waals surface area contributed by atoms with Gasteiger partial charge in [-0.05, 0) is 13.3 Å². The maximum Gasteiger partial charge on any atom is 0.244 e. The van der Waals surface area contributed by atoms with Gasteiger partial charge in [-0.15, -0.1) is 0 Å². The molecule has 0 radical (unpaired) electrons. The molecule has 8 nitrogen and oxygen atoms in total. The molecule has 0 unspecified atom stereocenters. The second-order valence-corrected chi connectivity index (χ2v) is 6.49. The van der Waals surface area contributed by atoms with E-state index < -0.39 is 10.0 Å². The third kappa shape index (κ3) is 3.14. The average molecular weight is 312 g/mol. The van der Waals surface area contributed by atoms with Crippen molar-refractivity contribution in [3.8, 4) is 0 Å². The molecular weight excluding hydrogens is 292 g/mol. The highest BCUT2D eigenvalue weighted by Crippen LogP contribution is 2.17. The summed E-state index contributed by atoms with van der Waals surface area (Å²) in [6, 6.07) is 0. The van der Waals surface area contributed by atoms with Gasteiger partial charge in [0.25, 0.3) is 0 Å². The van der Waals surface area contributed by atoms with Crippen LogP contribution in [0.5, 0.6) is 0 Å². The molecule has 0 aliphatic carbocycles. The van der Waals surface area contributed by atoms with Gasteiger partial charge in [-0.25, -0.2) is 13.1 Å². The van der Waals surface area contributed by atoms with Crippen molar-refractivity contribution in [2.45, 2.75) is 38.3 Å². The molecule has 0 saturated heterocycles. The van der Waals surface area contributed by atoms with Crippen molar-refractivity contribution in [3.63, 3.8) is 0 Å². The first kappa shape index (κ1) is 15.7. The summed E-state index contributed by atoms with van der Waals surface area (Å²) in [6.45, 7) is 3.89. The fraction of sp³-hybridized carbons (Fsp3) is 0.500. The molecule has 0 spiro atoms. The van der Waals surface area contributed by atoms with Crippen LogP contribution in [0, 0.1) is 6.92 Å². The Balaban J connectivity index is 2.24. The number of aromatic nitrogens is 4. The minimum absolute atomic E-state index is 0.0632. The maximum absolute atomic E-state index is 12.4. The highest BCUT2D eigenvalue weighted by Gasteiger charge is 2.23. The first-order chi connectivity index (χ1) is 9.89. The number of aryl methyl sites for hydroxylation is 3. The van der Waals surface area contributed by atoms with Crippen molar-refractivity contribution >= 4 is 10.0 Å². The molecule has 0 atom stereocenters. The van der Waals surface area contributed by atoms with Gasteiger partial charge in [0, 0.05) is 31.9 Å². The van der Waals surface area contributed by atoms with Gasteiger partial charge in [-0.1, -0.05) is 6.92 Å². The fourth-order valence-electron chi connectivity index (χ4n) is 2.24. The van der Waals surface area contributed by atoms with E-state index in [1.54, 1.807) is 11.6 Å². The van der Waals surface area contributed by atoms with Gasteiger partial charge in [-0.3, -0.25) is 9.78 Å². The number of hydrogen-bond donors (Lipinski definition) is 3. The molecular formula is C12H20N6O2S. The van der Waals surface area contributed by atoms with Gasteiger partial charge in [0.1, 0.15) is 4.90 Å². The smallest absolute Gasteiger partial charge is 0.244 e. The van der Waals surface area contributed by atoms with Crippen molar-refractivity contribution < 1.29 is 8.42 Å². The van der Waals surface area contributed by atoms with E-state index >= 15 is 0 Å². The number of nitrogens with two attached hydrogens (primary N) is 1. The lowest BCUT2D eigenvalue weighted by molar-refractivity contribution is 0.579. The molecule has 0 saturated carbocycles. The van der Waals surface area contributed by atoms with Crippen LogP contribution in [-0.2, 0) is 36.6 Å². The Morgan fingerprint density at radius 1 is 1.43 bits per heavy atom. The Morgan fingerprint density at radius 2 is 2.14 bits per heavy atom. The minimum Gasteiger partial charge on any atom is -0.325 e. The second kappa shape index (κ2) is 5.96. The van der Waals surface area contributed by atoms with E-state index in [2.05, 4.69) is 20.0 Å². The van der Waals surface area contributed by atoms with Gasteiger partial charge in [0.2, 0.25) is 10.0 Å². The summed E-state index contributed by atoms with van der Waals surface area (Å²) in [7, 11) is -1.86. The van der Waals surface area contributed by atoms with Crippen molar-refractivity contribution in [2.24, 2.45) is 12.8 Å². The summed E-state index contributed by atoms with van der Waals surface area (Å²) < 4.78 is 29.1. The molecule has 0 fully saturated rings. The van der Waals surface area contributed by atoms with Crippen LogP contribution in [0.4, 0.5) is 0 Å². The molecule has 2 aromatic heterocycles. The topological polar surface area (TPSA) is 119 Å². The quantitative estimate of drug-likeness (QED) is 0.691. The molecule has 2 heterocycles. The Hall–Kier alpha value is -1.71. The third-order valence-corrected chi connectivity index (χ3v) is 4.81. The molecule has 0 aliphatic heterocycles. The zero-order chi connectivity index (χ0) is 15.6. The Labute approximate surface area is 123 Å². The summed E-state index contributed by atoms with van der Waals surface area (Å²) in [4.78, 5) is 0.131. The monoisotopic (exact) mass is 312 g/mol. The molecule has 21 heavy (non-hydrogen) atoms. The van der Waals surface area contributed by atoms with Crippen molar-refractivity contribution in [1.82, 2.24) is 24.7 Å². The third-order valence-electron chi connectivity index (χ3n) is 3.20. The molecule has 9 heteroatoms. The first-order valence-electron chi connectivity index (χ1n) is 6.64. The number of nitrogens with one attached hydrogen (secondary N) is 2. The van der Waals surface area contributed by atoms with Crippen molar-refractivity contribution in [1.29, 1.82) is 0 Å². The summed E-state index contributed by atoms with van der Waals surface area (Å²) >= 11 is 0. The number of nitrogens with zero attached hydrogens (tertiary/aromatic N) is 3. The Morgan fingerprint density at radius 3 is 2.76 bits per heavy atom. The van der Waals surface area contributed by atoms with Crippen LogP contribution >= 0.6 is 0 Å². The Bertz CT molecular complexity index is 731. The van der Waals surface area contributed by atoms with E-state index in [0.717, 1.165) is 17.7 Å². The minimum atomic E-state index is -3.67. The van der Waals surface area contributed by atoms with Crippen LogP contribution < -0.4 is 10.5 Å². The van der Waals surface area contributed by atoms with Crippen LogP contribution in [-0.4, -0.2) is 28.4 Å². The van der Waals surface area contributed by atoms with E-state index in [1.807, 2.05) is 20.2 Å². The highest BCUT2D eigenvalue weighted by molar-refractivity contribution is 7.89. The summed E-state index contributed by atoms with van der Waals surface area (Å²) in [6.07, 6.45) is 2.56. The van der Waals surface area contributed by atoms with E-state index in [4.69, 9.17) is 5.73 Å². The fourth-order valence-corrected chi connectivity index (χ4v) is 3.62. The van der Waals surface area contributed by atoms with Gasteiger partial charge in [0.05, 0.1) is 17.1 Å². The largest absolute Gasteiger partial charge is 0.325 e. The molecule has 0 aromatic carbocycles. The zero-order valence-electron chi connectivity index (χ0n) is 12.3. The van der Waals surface area contributed by atoms with Gasteiger partial charge >= 0.3 is 0 Å². The van der Waals surface area contributed by atoms with E-state index in [1.165, 1.54) is 0 Å². The molecule has 0 amide bonds. The number of aromatic amines is 1. The van der Waals surface area contributed by atoms with Gasteiger partial charge in [-0.2, -0.15) is 10.2 Å². The number of H-pyrrole nitrogens is 1. The Kier molecular flexibility index (Phi) is 4.45. The second-order valence-electron chi connectivity index (χ2n) is 4.78. The van der Waals surface area contributed by atoms with Gasteiger partial charge < -0.3 is 5.73 Å². The predicted molar refractivity (Wildman–Crippen MR) is 77.8 cm³/mol. The molecule has 2 rings (SSSR count). The summed E-state index contributed by atoms with van der Waals surface area (Å²) in [5.41, 5.74) is 8.08. The van der Waals surface area contributed by atoms with E-state index in [9.17, 15) is 8.42 Å². The lowest BCUT2D eigenvalue weighted by atomic mass is 10.2. The number of sulfonamides is 1. The zero-order valence-corrected chi connectivity index (χ0v) is 13.2. The van der Waals surface area contributed by atoms with Crippen molar-refractivity contribution in [2.75, 3.05) is 0 Å². The lowest BCUT2D eigenvalue weighted by Crippen LogP contribution is -2.25. The summed E-state index contributed by atoms with van der Waals surface area (Å²) in [5.74, 6) is 0. The van der Waals surface area contributed by atoms with Crippen LogP contribution in [0.2, 0.25) is 0 Å². The van der Waals surface area contributed by atoms with Crippen LogP contribution in [0.3, 0.4) is 0 Å². The number of rotatable bonds is 6. The predicted octanol–water partition coefficient (Wildman–Crippen LogP) is -0.0488. The molecule has 2 aromatic rings. The molecule has 116 valence electrons. The van der Waals surface area contributed by atoms with Crippen LogP contribution in [0.25, 0.3) is 0 Å². The van der Waals surface area contributed by atoms with Crippen molar-refractivity contribution in [3.05, 3.63) is 28.8 Å². The lowest BCUT2D eigenvalue weighted by Gasteiger charge is -2.07. The van der Waals surface area contributed by atoms with Gasteiger partial charge in [0.15, 0.2) is 0 Å². The van der Waals surface area contributed by atoms with Crippen LogP contribution in [0.1, 0.15) is 29.6 Å². The highest BCUT2D eigenvalue weighted by atomic mass is 32.2. The molecule has 0 bridgehead atoms. The van der Waals surface area contributed by atoms with Crippen LogP contribution in [0.15, 0.2) is 11.1 Å². The maximum atomic E-state index is 12.4. The first-order valence-corrected chi connectivity index (χ1v) is 8.12. The SMILES string of the molecule is CCc1nn(C)cc1CNS(=O)(=O)c1c(CN)n[nH]c1C.